The van der Waals surface area contributed by atoms with Gasteiger partial charge in [-0.3, -0.25) is 0 Å². The highest BCUT2D eigenvalue weighted by Gasteiger charge is 2.05. The molecule has 0 heterocycles. The van der Waals surface area contributed by atoms with Crippen molar-refractivity contribution in [2.75, 3.05) is 0 Å². The van der Waals surface area contributed by atoms with E-state index in [-0.39, 0.29) is 6.61 Å². The van der Waals surface area contributed by atoms with E-state index in [1.165, 1.54) is 0 Å². The number of hydrogen-bond donors (Lipinski definition) is 0. The maximum absolute atomic E-state index is 10.3. The third kappa shape index (κ3) is 3.07. The topological polar surface area (TPSA) is 26.3 Å². The van der Waals surface area contributed by atoms with Crippen molar-refractivity contribution in [2.24, 2.45) is 0 Å². The minimum atomic E-state index is -0.865. The Morgan fingerprint density at radius 1 is 1.38 bits per heavy atom. The highest BCUT2D eigenvalue weighted by atomic mass is 35.5. The summed E-state index contributed by atoms with van der Waals surface area (Å²) in [5.41, 5.74) is -0.237. The van der Waals surface area contributed by atoms with E-state index in [0.717, 1.165) is 0 Å². The molecule has 0 atom stereocenters. The SMILES string of the molecule is O=C(Cl)OCc1cccc(Cl)c1Cl. The monoisotopic (exact) mass is 238 g/mol. The van der Waals surface area contributed by atoms with Gasteiger partial charge in [0.15, 0.2) is 0 Å². The molecule has 0 aliphatic carbocycles. The standard InChI is InChI=1S/C8H5Cl3O2/c9-6-3-1-2-5(7(6)10)4-13-8(11)12/h1-3H,4H2. The van der Waals surface area contributed by atoms with Crippen LogP contribution in [0.2, 0.25) is 10.0 Å². The van der Waals surface area contributed by atoms with Gasteiger partial charge in [-0.15, -0.1) is 0 Å². The highest BCUT2D eigenvalue weighted by molar-refractivity contribution is 6.61. The Morgan fingerprint density at radius 3 is 2.69 bits per heavy atom. The molecule has 0 bridgehead atoms. The second-order valence-electron chi connectivity index (χ2n) is 2.24. The van der Waals surface area contributed by atoms with Gasteiger partial charge in [0.25, 0.3) is 0 Å². The van der Waals surface area contributed by atoms with Gasteiger partial charge in [0.05, 0.1) is 10.0 Å². The molecule has 0 N–H and O–H groups in total. The molecular formula is C8H5Cl3O2. The largest absolute Gasteiger partial charge is 0.449 e. The number of rotatable bonds is 2. The van der Waals surface area contributed by atoms with Crippen LogP contribution in [0.1, 0.15) is 5.56 Å². The fourth-order valence-corrected chi connectivity index (χ4v) is 1.22. The van der Waals surface area contributed by atoms with Crippen LogP contribution in [-0.2, 0) is 11.3 Å². The lowest BCUT2D eigenvalue weighted by atomic mass is 10.2. The number of carbonyl (C=O) groups is 1. The molecule has 2 nitrogen and oxygen atoms in total. The molecule has 1 rings (SSSR count). The van der Waals surface area contributed by atoms with E-state index in [1.807, 2.05) is 0 Å². The Labute approximate surface area is 90.3 Å². The van der Waals surface area contributed by atoms with Gasteiger partial charge in [0.2, 0.25) is 0 Å². The lowest BCUT2D eigenvalue weighted by Gasteiger charge is -2.04. The fourth-order valence-electron chi connectivity index (χ4n) is 0.794. The molecule has 0 aromatic heterocycles. The molecule has 1 aromatic carbocycles. The molecule has 0 spiro atoms. The van der Waals surface area contributed by atoms with Crippen LogP contribution >= 0.6 is 34.8 Å². The summed E-state index contributed by atoms with van der Waals surface area (Å²) in [6, 6.07) is 5.07. The average Bonchev–Trinajstić information content (AvgIpc) is 2.07. The molecule has 0 aliphatic heterocycles. The summed E-state index contributed by atoms with van der Waals surface area (Å²) < 4.78 is 4.55. The van der Waals surface area contributed by atoms with E-state index in [1.54, 1.807) is 18.2 Å². The van der Waals surface area contributed by atoms with E-state index in [4.69, 9.17) is 34.8 Å². The van der Waals surface area contributed by atoms with Crippen molar-refractivity contribution in [3.8, 4) is 0 Å². The summed E-state index contributed by atoms with van der Waals surface area (Å²) in [6.07, 6.45) is 0. The Hall–Kier alpha value is -0.440. The smallest absolute Gasteiger partial charge is 0.404 e. The Bertz CT molecular complexity index is 325. The maximum Gasteiger partial charge on any atom is 0.404 e. The lowest BCUT2D eigenvalue weighted by Crippen LogP contribution is -1.95. The van der Waals surface area contributed by atoms with Crippen LogP contribution in [0.25, 0.3) is 0 Å². The molecule has 0 amide bonds. The van der Waals surface area contributed by atoms with E-state index >= 15 is 0 Å². The zero-order valence-electron chi connectivity index (χ0n) is 6.39. The Kier molecular flexibility index (Phi) is 3.85. The zero-order chi connectivity index (χ0) is 9.84. The molecule has 0 aliphatic rings. The van der Waals surface area contributed by atoms with Gasteiger partial charge in [-0.25, -0.2) is 4.79 Å². The van der Waals surface area contributed by atoms with Crippen molar-refractivity contribution in [1.29, 1.82) is 0 Å². The molecule has 1 aromatic rings. The van der Waals surface area contributed by atoms with Gasteiger partial charge in [0, 0.05) is 17.2 Å². The number of halogens is 3. The number of carbonyl (C=O) groups excluding carboxylic acids is 1. The van der Waals surface area contributed by atoms with Gasteiger partial charge in [-0.2, -0.15) is 0 Å². The molecule has 0 unspecified atom stereocenters. The summed E-state index contributed by atoms with van der Waals surface area (Å²) in [7, 11) is 0. The van der Waals surface area contributed by atoms with Gasteiger partial charge < -0.3 is 4.74 Å². The van der Waals surface area contributed by atoms with Crippen molar-refractivity contribution >= 4 is 40.2 Å². The summed E-state index contributed by atoms with van der Waals surface area (Å²) in [4.78, 5) is 10.3. The first-order valence-corrected chi connectivity index (χ1v) is 4.50. The van der Waals surface area contributed by atoms with Crippen LogP contribution in [0.15, 0.2) is 18.2 Å². The Morgan fingerprint density at radius 2 is 2.08 bits per heavy atom. The fraction of sp³-hybridized carbons (Fsp3) is 0.125. The normalized spacial score (nSPS) is 9.77. The second-order valence-corrected chi connectivity index (χ2v) is 3.33. The summed E-state index contributed by atoms with van der Waals surface area (Å²) >= 11 is 16.5. The molecule has 13 heavy (non-hydrogen) atoms. The molecule has 0 radical (unpaired) electrons. The summed E-state index contributed by atoms with van der Waals surface area (Å²) in [6.45, 7) is 0.0295. The van der Waals surface area contributed by atoms with Crippen LogP contribution in [0.4, 0.5) is 4.79 Å². The minimum Gasteiger partial charge on any atom is -0.449 e. The molecule has 0 fully saturated rings. The average molecular weight is 239 g/mol. The molecule has 70 valence electrons. The third-order valence-electron chi connectivity index (χ3n) is 1.37. The molecule has 0 saturated heterocycles. The third-order valence-corrected chi connectivity index (χ3v) is 2.34. The molecular weight excluding hydrogens is 234 g/mol. The first-order chi connectivity index (χ1) is 6.11. The van der Waals surface area contributed by atoms with E-state index < -0.39 is 5.43 Å². The number of ether oxygens (including phenoxy) is 1. The van der Waals surface area contributed by atoms with E-state index in [9.17, 15) is 4.79 Å². The first kappa shape index (κ1) is 10.6. The number of hydrogen-bond acceptors (Lipinski definition) is 2. The van der Waals surface area contributed by atoms with Crippen LogP contribution in [0, 0.1) is 0 Å². The van der Waals surface area contributed by atoms with Crippen molar-refractivity contribution in [1.82, 2.24) is 0 Å². The Balaban J connectivity index is 2.77. The van der Waals surface area contributed by atoms with Crippen LogP contribution in [-0.4, -0.2) is 5.43 Å². The predicted octanol–water partition coefficient (Wildman–Crippen LogP) is 3.87. The van der Waals surface area contributed by atoms with Crippen LogP contribution in [0.5, 0.6) is 0 Å². The predicted molar refractivity (Wildman–Crippen MR) is 52.5 cm³/mol. The zero-order valence-corrected chi connectivity index (χ0v) is 8.66. The van der Waals surface area contributed by atoms with Gasteiger partial charge in [-0.05, 0) is 6.07 Å². The number of benzene rings is 1. The highest BCUT2D eigenvalue weighted by Crippen LogP contribution is 2.25. The summed E-state index contributed by atoms with van der Waals surface area (Å²) in [5, 5.41) is 0.798. The quantitative estimate of drug-likeness (QED) is 0.732. The van der Waals surface area contributed by atoms with Crippen molar-refractivity contribution < 1.29 is 9.53 Å². The van der Waals surface area contributed by atoms with Crippen molar-refractivity contribution in [2.45, 2.75) is 6.61 Å². The van der Waals surface area contributed by atoms with Crippen molar-refractivity contribution in [3.63, 3.8) is 0 Å². The van der Waals surface area contributed by atoms with E-state index in [0.29, 0.717) is 15.6 Å². The van der Waals surface area contributed by atoms with Crippen LogP contribution in [0.3, 0.4) is 0 Å². The maximum atomic E-state index is 10.3. The van der Waals surface area contributed by atoms with Gasteiger partial charge in [0.1, 0.15) is 6.61 Å². The van der Waals surface area contributed by atoms with Gasteiger partial charge >= 0.3 is 5.43 Å². The van der Waals surface area contributed by atoms with E-state index in [2.05, 4.69) is 4.74 Å². The second kappa shape index (κ2) is 4.70. The van der Waals surface area contributed by atoms with Crippen molar-refractivity contribution in [3.05, 3.63) is 33.8 Å². The first-order valence-electron chi connectivity index (χ1n) is 3.36. The molecule has 0 saturated carbocycles. The minimum absolute atomic E-state index is 0.0295. The lowest BCUT2D eigenvalue weighted by molar-refractivity contribution is 0.167. The summed E-state index contributed by atoms with van der Waals surface area (Å²) in [5.74, 6) is 0. The molecule has 5 heteroatoms. The van der Waals surface area contributed by atoms with Gasteiger partial charge in [-0.1, -0.05) is 35.3 Å². The van der Waals surface area contributed by atoms with Crippen LogP contribution < -0.4 is 0 Å².